The van der Waals surface area contributed by atoms with Crippen molar-refractivity contribution in [2.45, 2.75) is 18.2 Å². The Bertz CT molecular complexity index is 460. The Hall–Kier alpha value is -1.82. The normalized spacial score (nSPS) is 13.4. The zero-order valence-electron chi connectivity index (χ0n) is 9.66. The highest BCUT2D eigenvalue weighted by Gasteiger charge is 2.27. The highest BCUT2D eigenvalue weighted by molar-refractivity contribution is 7.82. The molecule has 2 N–H and O–H groups in total. The van der Waals surface area contributed by atoms with Gasteiger partial charge in [0.1, 0.15) is 0 Å². The van der Waals surface area contributed by atoms with Crippen LogP contribution in [0.5, 0.6) is 0 Å². The number of rotatable bonds is 5. The first-order chi connectivity index (χ1) is 8.43. The van der Waals surface area contributed by atoms with E-state index in [9.17, 15) is 14.4 Å². The van der Waals surface area contributed by atoms with Gasteiger partial charge < -0.3 is 10.4 Å². The molecule has 0 saturated carbocycles. The van der Waals surface area contributed by atoms with E-state index in [1.165, 1.54) is 6.92 Å². The topological polar surface area (TPSA) is 83.5 Å². The molecular formula is C12H13NO4S. The molecule has 1 unspecified atom stereocenters. The number of hydrogen-bond donors (Lipinski definition) is 3. The number of carbonyl (C=O) groups is 3. The fraction of sp³-hybridized carbons (Fsp3) is 0.250. The summed E-state index contributed by atoms with van der Waals surface area (Å²) in [4.78, 5) is 33.9. The van der Waals surface area contributed by atoms with Gasteiger partial charge >= 0.3 is 5.97 Å². The van der Waals surface area contributed by atoms with E-state index in [0.717, 1.165) is 0 Å². The number of carbonyl (C=O) groups excluding carboxylic acids is 2. The second-order valence-corrected chi connectivity index (χ2v) is 4.22. The van der Waals surface area contributed by atoms with E-state index in [0.29, 0.717) is 5.56 Å². The maximum absolute atomic E-state index is 11.7. The Labute approximate surface area is 110 Å². The van der Waals surface area contributed by atoms with E-state index in [4.69, 9.17) is 5.11 Å². The Morgan fingerprint density at radius 2 is 1.78 bits per heavy atom. The zero-order chi connectivity index (χ0) is 13.7. The lowest BCUT2D eigenvalue weighted by molar-refractivity contribution is -0.139. The fourth-order valence-electron chi connectivity index (χ4n) is 1.30. The molecule has 0 spiro atoms. The molecule has 18 heavy (non-hydrogen) atoms. The van der Waals surface area contributed by atoms with Crippen LogP contribution in [0.1, 0.15) is 17.3 Å². The largest absolute Gasteiger partial charge is 0.480 e. The van der Waals surface area contributed by atoms with Gasteiger partial charge in [-0.05, 0) is 19.1 Å². The molecule has 1 aromatic carbocycles. The van der Waals surface area contributed by atoms with Crippen LogP contribution in [0, 0.1) is 0 Å². The van der Waals surface area contributed by atoms with Crippen molar-refractivity contribution in [2.24, 2.45) is 0 Å². The van der Waals surface area contributed by atoms with Gasteiger partial charge in [-0.25, -0.2) is 0 Å². The van der Waals surface area contributed by atoms with Crippen molar-refractivity contribution < 1.29 is 19.5 Å². The number of benzene rings is 1. The number of carboxylic acids is 1. The number of nitrogens with one attached hydrogen (secondary N) is 1. The van der Waals surface area contributed by atoms with Crippen LogP contribution >= 0.6 is 12.6 Å². The van der Waals surface area contributed by atoms with E-state index < -0.39 is 29.0 Å². The summed E-state index contributed by atoms with van der Waals surface area (Å²) in [5.74, 6) is -2.42. The number of thiol groups is 1. The van der Waals surface area contributed by atoms with Gasteiger partial charge in [0.2, 0.25) is 0 Å². The number of hydrogen-bond acceptors (Lipinski definition) is 4. The third-order valence-electron chi connectivity index (χ3n) is 2.31. The van der Waals surface area contributed by atoms with Crippen molar-refractivity contribution >= 4 is 30.3 Å². The van der Waals surface area contributed by atoms with E-state index in [1.807, 2.05) is 0 Å². The second kappa shape index (κ2) is 6.20. The molecule has 0 aliphatic heterocycles. The molecule has 0 aromatic heterocycles. The summed E-state index contributed by atoms with van der Waals surface area (Å²) >= 11 is 3.67. The summed E-state index contributed by atoms with van der Waals surface area (Å²) < 4.78 is 0. The van der Waals surface area contributed by atoms with Crippen LogP contribution in [-0.4, -0.2) is 34.1 Å². The first kappa shape index (κ1) is 14.2. The van der Waals surface area contributed by atoms with Crippen molar-refractivity contribution in [3.8, 4) is 0 Å². The minimum atomic E-state index is -1.43. The second-order valence-electron chi connectivity index (χ2n) is 3.70. The molecular weight excluding hydrogens is 254 g/mol. The molecule has 1 amide bonds. The Balaban J connectivity index is 2.66. The average molecular weight is 267 g/mol. The van der Waals surface area contributed by atoms with Crippen LogP contribution in [0.2, 0.25) is 0 Å². The van der Waals surface area contributed by atoms with Gasteiger partial charge in [0.25, 0.3) is 5.91 Å². The van der Waals surface area contributed by atoms with Crippen LogP contribution in [-0.2, 0) is 9.59 Å². The van der Waals surface area contributed by atoms with Crippen molar-refractivity contribution in [2.75, 3.05) is 0 Å². The third kappa shape index (κ3) is 3.59. The van der Waals surface area contributed by atoms with Gasteiger partial charge in [-0.1, -0.05) is 18.2 Å². The minimum absolute atomic E-state index is 0.406. The quantitative estimate of drug-likeness (QED) is 0.543. The average Bonchev–Trinajstić information content (AvgIpc) is 2.37. The molecule has 6 heteroatoms. The summed E-state index contributed by atoms with van der Waals surface area (Å²) in [5.41, 5.74) is 0.406. The molecule has 5 nitrogen and oxygen atoms in total. The summed E-state index contributed by atoms with van der Waals surface area (Å²) in [7, 11) is 0. The third-order valence-corrected chi connectivity index (χ3v) is 2.79. The van der Waals surface area contributed by atoms with Gasteiger partial charge in [-0.2, -0.15) is 12.6 Å². The van der Waals surface area contributed by atoms with Crippen molar-refractivity contribution in [1.82, 2.24) is 5.32 Å². The molecule has 0 radical (unpaired) electrons. The lowest BCUT2D eigenvalue weighted by Crippen LogP contribution is -2.44. The van der Waals surface area contributed by atoms with Gasteiger partial charge in [0.15, 0.2) is 11.0 Å². The number of Topliss-reactive ketones (excluding diaryl/α,β-unsaturated/α-hetero) is 1. The predicted molar refractivity (Wildman–Crippen MR) is 68.8 cm³/mol. The maximum Gasteiger partial charge on any atom is 0.324 e. The zero-order valence-corrected chi connectivity index (χ0v) is 10.6. The van der Waals surface area contributed by atoms with E-state index in [2.05, 4.69) is 17.9 Å². The molecule has 1 aromatic rings. The number of ketones is 1. The summed E-state index contributed by atoms with van der Waals surface area (Å²) in [5, 5.41) is 9.64. The van der Waals surface area contributed by atoms with Gasteiger partial charge in [-0.3, -0.25) is 14.4 Å². The predicted octanol–water partition coefficient (Wildman–Crippen LogP) is 0.757. The van der Waals surface area contributed by atoms with Crippen molar-refractivity contribution in [1.29, 1.82) is 0 Å². The Morgan fingerprint density at radius 3 is 2.28 bits per heavy atom. The first-order valence-electron chi connectivity index (χ1n) is 5.24. The number of amides is 1. The van der Waals surface area contributed by atoms with Crippen LogP contribution in [0.15, 0.2) is 30.3 Å². The Morgan fingerprint density at radius 1 is 1.22 bits per heavy atom. The lowest BCUT2D eigenvalue weighted by atomic mass is 10.1. The first-order valence-corrected chi connectivity index (χ1v) is 5.75. The number of aliphatic carboxylic acids is 1. The molecule has 1 rings (SSSR count). The van der Waals surface area contributed by atoms with E-state index >= 15 is 0 Å². The summed E-state index contributed by atoms with van der Waals surface area (Å²) in [6.07, 6.45) is 0. The monoisotopic (exact) mass is 267 g/mol. The molecule has 0 bridgehead atoms. The number of carboxylic acid groups (broad SMARTS) is 1. The highest BCUT2D eigenvalue weighted by Crippen LogP contribution is 2.03. The smallest absolute Gasteiger partial charge is 0.324 e. The SMILES string of the molecule is C[C@@H](NC(=O)c1ccccc1)C(=O)C(S)C(=O)O. The maximum atomic E-state index is 11.7. The fourth-order valence-corrected chi connectivity index (χ4v) is 1.52. The van der Waals surface area contributed by atoms with Crippen LogP contribution in [0.3, 0.4) is 0 Å². The van der Waals surface area contributed by atoms with Crippen molar-refractivity contribution in [3.63, 3.8) is 0 Å². The summed E-state index contributed by atoms with van der Waals surface area (Å²) in [6, 6.07) is 7.44. The van der Waals surface area contributed by atoms with E-state index in [-0.39, 0.29) is 0 Å². The van der Waals surface area contributed by atoms with Crippen LogP contribution in [0.4, 0.5) is 0 Å². The summed E-state index contributed by atoms with van der Waals surface area (Å²) in [6.45, 7) is 1.43. The molecule has 96 valence electrons. The van der Waals surface area contributed by atoms with E-state index in [1.54, 1.807) is 30.3 Å². The molecule has 0 aliphatic rings. The molecule has 2 atom stereocenters. The van der Waals surface area contributed by atoms with Crippen LogP contribution < -0.4 is 5.32 Å². The molecule has 0 heterocycles. The minimum Gasteiger partial charge on any atom is -0.480 e. The Kier molecular flexibility index (Phi) is 4.91. The van der Waals surface area contributed by atoms with Gasteiger partial charge in [0, 0.05) is 5.56 Å². The van der Waals surface area contributed by atoms with Gasteiger partial charge in [0.05, 0.1) is 6.04 Å². The molecule has 0 fully saturated rings. The van der Waals surface area contributed by atoms with Crippen LogP contribution in [0.25, 0.3) is 0 Å². The van der Waals surface area contributed by atoms with Gasteiger partial charge in [-0.15, -0.1) is 0 Å². The highest BCUT2D eigenvalue weighted by atomic mass is 32.1. The van der Waals surface area contributed by atoms with Crippen molar-refractivity contribution in [3.05, 3.63) is 35.9 Å². The lowest BCUT2D eigenvalue weighted by Gasteiger charge is -2.14. The molecule has 0 aliphatic carbocycles. The molecule has 0 saturated heterocycles. The standard InChI is InChI=1S/C12H13NO4S/c1-7(9(14)10(18)12(16)17)13-11(15)8-5-3-2-4-6-8/h2-7,10,18H,1H3,(H,13,15)(H,16,17)/t7-,10?/m1/s1.